The summed E-state index contributed by atoms with van der Waals surface area (Å²) in [5, 5.41) is 0. The fraction of sp³-hybridized carbons (Fsp3) is 0.667. The molecule has 0 atom stereocenters. The summed E-state index contributed by atoms with van der Waals surface area (Å²) in [7, 11) is -2.34. The van der Waals surface area contributed by atoms with Crippen molar-refractivity contribution in [1.82, 2.24) is 0 Å². The van der Waals surface area contributed by atoms with Crippen LogP contribution in [-0.2, 0) is 10.7 Å². The van der Waals surface area contributed by atoms with Gasteiger partial charge in [-0.1, -0.05) is 5.92 Å². The van der Waals surface area contributed by atoms with E-state index in [0.29, 0.717) is 0 Å². The van der Waals surface area contributed by atoms with E-state index >= 15 is 0 Å². The molecule has 0 saturated carbocycles. The van der Waals surface area contributed by atoms with Gasteiger partial charge in [-0.2, -0.15) is 0 Å². The molecule has 52 valence electrons. The van der Waals surface area contributed by atoms with E-state index in [2.05, 4.69) is 5.92 Å². The molecular weight excluding hydrogens is 136 g/mol. The van der Waals surface area contributed by atoms with Gasteiger partial charge >= 0.3 is 0 Å². The van der Waals surface area contributed by atoms with Crippen LogP contribution in [0.2, 0.25) is 0 Å². The van der Waals surface area contributed by atoms with Crippen molar-refractivity contribution in [3.63, 3.8) is 0 Å². The number of thiol groups is 1. The van der Waals surface area contributed by atoms with E-state index in [1.54, 1.807) is 13.8 Å². The van der Waals surface area contributed by atoms with Crippen molar-refractivity contribution in [2.75, 3.05) is 5.75 Å². The van der Waals surface area contributed by atoms with Gasteiger partial charge in [0.25, 0.3) is 0 Å². The lowest BCUT2D eigenvalue weighted by Crippen LogP contribution is -2.14. The quantitative estimate of drug-likeness (QED) is 0.448. The molecule has 0 rings (SSSR count). The highest BCUT2D eigenvalue weighted by Gasteiger charge is 2.14. The molecule has 0 aliphatic carbocycles. The normalized spacial score (nSPS) is 11.3. The first-order valence-electron chi connectivity index (χ1n) is 2.57. The van der Waals surface area contributed by atoms with Gasteiger partial charge in [0.15, 0.2) is 0 Å². The highest BCUT2D eigenvalue weighted by Crippen LogP contribution is 2.11. The Morgan fingerprint density at radius 3 is 2.11 bits per heavy atom. The first-order chi connectivity index (χ1) is 3.98. The Bertz CT molecular complexity index is 188. The molecule has 0 amide bonds. The van der Waals surface area contributed by atoms with Crippen LogP contribution in [0.5, 0.6) is 0 Å². The standard InChI is InChI=1S/C6H10O2S/c1-4-6(2,3)5-9(7)8/h1,9H,5H2,2-3H3. The van der Waals surface area contributed by atoms with E-state index in [-0.39, 0.29) is 5.75 Å². The third kappa shape index (κ3) is 4.04. The second-order valence-corrected chi connectivity index (χ2v) is 3.50. The Labute approximate surface area is 57.2 Å². The third-order valence-corrected chi connectivity index (χ3v) is 1.96. The van der Waals surface area contributed by atoms with Crippen molar-refractivity contribution in [2.45, 2.75) is 13.8 Å². The van der Waals surface area contributed by atoms with Crippen molar-refractivity contribution in [3.05, 3.63) is 0 Å². The van der Waals surface area contributed by atoms with Crippen LogP contribution in [-0.4, -0.2) is 14.2 Å². The monoisotopic (exact) mass is 146 g/mol. The summed E-state index contributed by atoms with van der Waals surface area (Å²) in [4.78, 5) is 0. The highest BCUT2D eigenvalue weighted by molar-refractivity contribution is 7.72. The summed E-state index contributed by atoms with van der Waals surface area (Å²) in [6.07, 6.45) is 5.04. The van der Waals surface area contributed by atoms with E-state index in [9.17, 15) is 8.42 Å². The Kier molecular flexibility index (Phi) is 2.72. The van der Waals surface area contributed by atoms with Gasteiger partial charge in [0.2, 0.25) is 0 Å². The highest BCUT2D eigenvalue weighted by atomic mass is 32.2. The van der Waals surface area contributed by atoms with Crippen LogP contribution < -0.4 is 0 Å². The van der Waals surface area contributed by atoms with Gasteiger partial charge in [-0.05, 0) is 13.8 Å². The average molecular weight is 146 g/mol. The molecule has 0 spiro atoms. The molecule has 2 nitrogen and oxygen atoms in total. The van der Waals surface area contributed by atoms with Crippen molar-refractivity contribution < 1.29 is 8.42 Å². The zero-order chi connectivity index (χ0) is 7.49. The number of hydrogen-bond donors (Lipinski definition) is 1. The van der Waals surface area contributed by atoms with E-state index < -0.39 is 16.1 Å². The second-order valence-electron chi connectivity index (χ2n) is 2.52. The van der Waals surface area contributed by atoms with Crippen molar-refractivity contribution in [1.29, 1.82) is 0 Å². The summed E-state index contributed by atoms with van der Waals surface area (Å²) in [5.41, 5.74) is -0.505. The summed E-state index contributed by atoms with van der Waals surface area (Å²) < 4.78 is 20.2. The molecule has 0 aliphatic rings. The molecule has 3 heteroatoms. The molecule has 0 fully saturated rings. The molecule has 0 bridgehead atoms. The number of hydrogen-bond acceptors (Lipinski definition) is 2. The summed E-state index contributed by atoms with van der Waals surface area (Å²) in [6.45, 7) is 3.44. The SMILES string of the molecule is C#CC(C)(C)C[SH](=O)=O. The molecule has 0 N–H and O–H groups in total. The maximum Gasteiger partial charge on any atom is 0.141 e. The summed E-state index contributed by atoms with van der Waals surface area (Å²) >= 11 is 0. The van der Waals surface area contributed by atoms with Gasteiger partial charge in [0.05, 0.1) is 5.75 Å². The molecule has 0 saturated heterocycles. The lowest BCUT2D eigenvalue weighted by Gasteiger charge is -2.10. The fourth-order valence-corrected chi connectivity index (χ4v) is 1.11. The minimum atomic E-state index is -2.34. The predicted molar refractivity (Wildman–Crippen MR) is 37.8 cm³/mol. The summed E-state index contributed by atoms with van der Waals surface area (Å²) in [5.74, 6) is 2.46. The van der Waals surface area contributed by atoms with Crippen LogP contribution >= 0.6 is 0 Å². The maximum atomic E-state index is 10.1. The lowest BCUT2D eigenvalue weighted by molar-refractivity contribution is 0.549. The van der Waals surface area contributed by atoms with Gasteiger partial charge < -0.3 is 0 Å². The maximum absolute atomic E-state index is 10.1. The molecule has 0 aromatic heterocycles. The van der Waals surface area contributed by atoms with Crippen LogP contribution in [0.15, 0.2) is 0 Å². The van der Waals surface area contributed by atoms with Crippen molar-refractivity contribution in [3.8, 4) is 12.3 Å². The van der Waals surface area contributed by atoms with Gasteiger partial charge in [0.1, 0.15) is 10.7 Å². The lowest BCUT2D eigenvalue weighted by atomic mass is 9.98. The van der Waals surface area contributed by atoms with Gasteiger partial charge in [-0.25, -0.2) is 8.42 Å². The Morgan fingerprint density at radius 1 is 1.56 bits per heavy atom. The Hall–Kier alpha value is -0.490. The Morgan fingerprint density at radius 2 is 2.00 bits per heavy atom. The first-order valence-corrected chi connectivity index (χ1v) is 3.94. The number of rotatable bonds is 2. The minimum absolute atomic E-state index is 0.0683. The van der Waals surface area contributed by atoms with Crippen LogP contribution in [0.3, 0.4) is 0 Å². The van der Waals surface area contributed by atoms with Crippen LogP contribution in [0.25, 0.3) is 0 Å². The second kappa shape index (κ2) is 2.88. The zero-order valence-electron chi connectivity index (χ0n) is 5.55. The molecule has 0 unspecified atom stereocenters. The van der Waals surface area contributed by atoms with Crippen LogP contribution in [0.1, 0.15) is 13.8 Å². The Balaban J connectivity index is 4.07. The number of terminal acetylenes is 1. The molecular formula is C6H10O2S. The zero-order valence-corrected chi connectivity index (χ0v) is 6.44. The molecule has 0 heterocycles. The molecule has 0 aromatic carbocycles. The van der Waals surface area contributed by atoms with Crippen molar-refractivity contribution >= 4 is 10.7 Å². The minimum Gasteiger partial charge on any atom is -0.232 e. The van der Waals surface area contributed by atoms with Crippen LogP contribution in [0.4, 0.5) is 0 Å². The molecule has 0 aliphatic heterocycles. The van der Waals surface area contributed by atoms with Gasteiger partial charge in [-0.3, -0.25) is 0 Å². The smallest absolute Gasteiger partial charge is 0.141 e. The van der Waals surface area contributed by atoms with Crippen molar-refractivity contribution in [2.24, 2.45) is 5.41 Å². The van der Waals surface area contributed by atoms with E-state index in [1.807, 2.05) is 0 Å². The van der Waals surface area contributed by atoms with Crippen LogP contribution in [0, 0.1) is 17.8 Å². The van der Waals surface area contributed by atoms with E-state index in [1.165, 1.54) is 0 Å². The predicted octanol–water partition coefficient (Wildman–Crippen LogP) is 0.257. The molecule has 0 radical (unpaired) electrons. The molecule has 9 heavy (non-hydrogen) atoms. The van der Waals surface area contributed by atoms with E-state index in [0.717, 1.165) is 0 Å². The summed E-state index contributed by atoms with van der Waals surface area (Å²) in [6, 6.07) is 0. The third-order valence-electron chi connectivity index (χ3n) is 0.915. The largest absolute Gasteiger partial charge is 0.232 e. The molecule has 0 aromatic rings. The average Bonchev–Trinajstić information content (AvgIpc) is 1.63. The van der Waals surface area contributed by atoms with Gasteiger partial charge in [-0.15, -0.1) is 6.42 Å². The first kappa shape index (κ1) is 8.51. The fourth-order valence-electron chi connectivity index (χ4n) is 0.368. The van der Waals surface area contributed by atoms with E-state index in [4.69, 9.17) is 6.42 Å². The topological polar surface area (TPSA) is 34.1 Å². The van der Waals surface area contributed by atoms with Gasteiger partial charge in [0, 0.05) is 5.41 Å².